The van der Waals surface area contributed by atoms with E-state index in [4.69, 9.17) is 9.47 Å². The zero-order chi connectivity index (χ0) is 12.0. The summed E-state index contributed by atoms with van der Waals surface area (Å²) in [5.74, 6) is -0.381. The van der Waals surface area contributed by atoms with Crippen LogP contribution in [0.25, 0.3) is 0 Å². The fourth-order valence-electron chi connectivity index (χ4n) is 0.774. The third-order valence-electron chi connectivity index (χ3n) is 1.90. The zero-order valence-electron chi connectivity index (χ0n) is 10.0. The SMILES string of the molecule is C=C(C)COC(C)C(C)OC(=O)C(=C)C. The lowest BCUT2D eigenvalue weighted by molar-refractivity contribution is -0.150. The van der Waals surface area contributed by atoms with E-state index in [0.29, 0.717) is 12.2 Å². The second kappa shape index (κ2) is 6.40. The summed E-state index contributed by atoms with van der Waals surface area (Å²) in [5.41, 5.74) is 1.34. The summed E-state index contributed by atoms with van der Waals surface area (Å²) in [7, 11) is 0. The maximum absolute atomic E-state index is 11.2. The van der Waals surface area contributed by atoms with Crippen molar-refractivity contribution in [1.82, 2.24) is 0 Å². The minimum Gasteiger partial charge on any atom is -0.457 e. The maximum Gasteiger partial charge on any atom is 0.333 e. The van der Waals surface area contributed by atoms with Gasteiger partial charge in [0.2, 0.25) is 0 Å². The van der Waals surface area contributed by atoms with Crippen molar-refractivity contribution in [2.45, 2.75) is 39.9 Å². The second-order valence-electron chi connectivity index (χ2n) is 3.86. The number of ether oxygens (including phenoxy) is 2. The summed E-state index contributed by atoms with van der Waals surface area (Å²) >= 11 is 0. The van der Waals surface area contributed by atoms with Gasteiger partial charge in [0, 0.05) is 5.57 Å². The fourth-order valence-corrected chi connectivity index (χ4v) is 0.774. The molecule has 2 unspecified atom stereocenters. The van der Waals surface area contributed by atoms with Crippen molar-refractivity contribution < 1.29 is 14.3 Å². The van der Waals surface area contributed by atoms with Crippen LogP contribution in [-0.2, 0) is 14.3 Å². The van der Waals surface area contributed by atoms with Crippen LogP contribution in [0.15, 0.2) is 24.3 Å². The lowest BCUT2D eigenvalue weighted by Gasteiger charge is -2.20. The van der Waals surface area contributed by atoms with E-state index in [-0.39, 0.29) is 18.2 Å². The number of carbonyl (C=O) groups excluding carboxylic acids is 1. The van der Waals surface area contributed by atoms with Crippen LogP contribution in [0.1, 0.15) is 27.7 Å². The van der Waals surface area contributed by atoms with Gasteiger partial charge in [-0.2, -0.15) is 0 Å². The first-order chi connectivity index (χ1) is 6.84. The van der Waals surface area contributed by atoms with Gasteiger partial charge in [-0.05, 0) is 27.7 Å². The molecule has 0 aromatic rings. The van der Waals surface area contributed by atoms with Crippen LogP contribution in [0.5, 0.6) is 0 Å². The van der Waals surface area contributed by atoms with E-state index in [1.807, 2.05) is 13.8 Å². The molecule has 0 radical (unpaired) electrons. The first-order valence-corrected chi connectivity index (χ1v) is 4.97. The molecule has 0 heterocycles. The van der Waals surface area contributed by atoms with Crippen LogP contribution in [0.4, 0.5) is 0 Å². The van der Waals surface area contributed by atoms with Gasteiger partial charge in [0.15, 0.2) is 0 Å². The van der Waals surface area contributed by atoms with Crippen LogP contribution in [0, 0.1) is 0 Å². The molecule has 0 aromatic heterocycles. The highest BCUT2D eigenvalue weighted by molar-refractivity contribution is 5.87. The number of hydrogen-bond acceptors (Lipinski definition) is 3. The Morgan fingerprint density at radius 1 is 1.20 bits per heavy atom. The molecule has 3 nitrogen and oxygen atoms in total. The Morgan fingerprint density at radius 3 is 2.13 bits per heavy atom. The molecule has 0 saturated heterocycles. The molecule has 0 bridgehead atoms. The van der Waals surface area contributed by atoms with Gasteiger partial charge in [-0.1, -0.05) is 18.7 Å². The van der Waals surface area contributed by atoms with E-state index in [1.54, 1.807) is 13.8 Å². The summed E-state index contributed by atoms with van der Waals surface area (Å²) in [4.78, 5) is 11.2. The van der Waals surface area contributed by atoms with Crippen molar-refractivity contribution in [1.29, 1.82) is 0 Å². The van der Waals surface area contributed by atoms with Crippen LogP contribution < -0.4 is 0 Å². The van der Waals surface area contributed by atoms with E-state index >= 15 is 0 Å². The van der Waals surface area contributed by atoms with Gasteiger partial charge in [-0.3, -0.25) is 0 Å². The van der Waals surface area contributed by atoms with E-state index in [2.05, 4.69) is 13.2 Å². The van der Waals surface area contributed by atoms with Gasteiger partial charge in [-0.15, -0.1) is 0 Å². The Morgan fingerprint density at radius 2 is 1.73 bits per heavy atom. The van der Waals surface area contributed by atoms with Gasteiger partial charge in [0.25, 0.3) is 0 Å². The van der Waals surface area contributed by atoms with Gasteiger partial charge in [-0.25, -0.2) is 4.79 Å². The summed E-state index contributed by atoms with van der Waals surface area (Å²) in [6.07, 6.45) is -0.432. The second-order valence-corrected chi connectivity index (χ2v) is 3.86. The Balaban J connectivity index is 3.98. The number of carbonyl (C=O) groups is 1. The molecule has 3 heteroatoms. The summed E-state index contributed by atoms with van der Waals surface area (Å²) in [6.45, 7) is 14.9. The summed E-state index contributed by atoms with van der Waals surface area (Å²) in [6, 6.07) is 0. The standard InChI is InChI=1S/C12H20O3/c1-8(2)7-14-10(5)11(6)15-12(13)9(3)4/h10-11H,1,3,7H2,2,4-6H3. The Kier molecular flexibility index (Phi) is 5.94. The van der Waals surface area contributed by atoms with Crippen molar-refractivity contribution in [2.24, 2.45) is 0 Å². The van der Waals surface area contributed by atoms with Gasteiger partial charge in [0.05, 0.1) is 12.7 Å². The zero-order valence-corrected chi connectivity index (χ0v) is 10.0. The summed E-state index contributed by atoms with van der Waals surface area (Å²) in [5, 5.41) is 0. The van der Waals surface area contributed by atoms with Crippen LogP contribution in [0.2, 0.25) is 0 Å². The van der Waals surface area contributed by atoms with Crippen molar-refractivity contribution in [2.75, 3.05) is 6.61 Å². The highest BCUT2D eigenvalue weighted by Crippen LogP contribution is 2.07. The Labute approximate surface area is 91.8 Å². The van der Waals surface area contributed by atoms with E-state index in [9.17, 15) is 4.79 Å². The third kappa shape index (κ3) is 6.07. The Bertz CT molecular complexity index is 256. The summed E-state index contributed by atoms with van der Waals surface area (Å²) < 4.78 is 10.6. The van der Waals surface area contributed by atoms with Gasteiger partial charge >= 0.3 is 5.97 Å². The Hall–Kier alpha value is -1.09. The molecular formula is C12H20O3. The normalized spacial score (nSPS) is 14.1. The average Bonchev–Trinajstić information content (AvgIpc) is 2.13. The molecule has 0 rings (SSSR count). The molecule has 0 saturated carbocycles. The van der Waals surface area contributed by atoms with Crippen molar-refractivity contribution >= 4 is 5.97 Å². The molecular weight excluding hydrogens is 192 g/mol. The molecule has 0 amide bonds. The smallest absolute Gasteiger partial charge is 0.333 e. The molecule has 0 aromatic carbocycles. The van der Waals surface area contributed by atoms with E-state index in [0.717, 1.165) is 5.57 Å². The minimum atomic E-state index is -0.381. The maximum atomic E-state index is 11.2. The first-order valence-electron chi connectivity index (χ1n) is 4.97. The highest BCUT2D eigenvalue weighted by Gasteiger charge is 2.17. The highest BCUT2D eigenvalue weighted by atomic mass is 16.6. The third-order valence-corrected chi connectivity index (χ3v) is 1.90. The fraction of sp³-hybridized carbons (Fsp3) is 0.583. The van der Waals surface area contributed by atoms with E-state index in [1.165, 1.54) is 0 Å². The molecule has 0 spiro atoms. The molecule has 0 fully saturated rings. The molecule has 0 aliphatic carbocycles. The molecule has 0 N–H and O–H groups in total. The van der Waals surface area contributed by atoms with Gasteiger partial charge < -0.3 is 9.47 Å². The van der Waals surface area contributed by atoms with E-state index < -0.39 is 0 Å². The van der Waals surface area contributed by atoms with Crippen LogP contribution >= 0.6 is 0 Å². The minimum absolute atomic E-state index is 0.148. The monoisotopic (exact) mass is 212 g/mol. The van der Waals surface area contributed by atoms with Crippen molar-refractivity contribution in [3.8, 4) is 0 Å². The first kappa shape index (κ1) is 13.9. The molecule has 2 atom stereocenters. The number of rotatable bonds is 6. The average molecular weight is 212 g/mol. The van der Waals surface area contributed by atoms with Crippen molar-refractivity contribution in [3.05, 3.63) is 24.3 Å². The lowest BCUT2D eigenvalue weighted by Crippen LogP contribution is -2.29. The molecule has 0 aliphatic rings. The quantitative estimate of drug-likeness (QED) is 0.385. The lowest BCUT2D eigenvalue weighted by atomic mass is 10.2. The molecule has 0 aliphatic heterocycles. The van der Waals surface area contributed by atoms with Gasteiger partial charge in [0.1, 0.15) is 6.10 Å². The van der Waals surface area contributed by atoms with Crippen molar-refractivity contribution in [3.63, 3.8) is 0 Å². The number of esters is 1. The van der Waals surface area contributed by atoms with Crippen LogP contribution in [0.3, 0.4) is 0 Å². The molecule has 15 heavy (non-hydrogen) atoms. The van der Waals surface area contributed by atoms with Crippen LogP contribution in [-0.4, -0.2) is 24.8 Å². The largest absolute Gasteiger partial charge is 0.457 e. The predicted octanol–water partition coefficient (Wildman–Crippen LogP) is 2.48. The molecule has 86 valence electrons. The number of hydrogen-bond donors (Lipinski definition) is 0. The topological polar surface area (TPSA) is 35.5 Å². The predicted molar refractivity (Wildman–Crippen MR) is 60.6 cm³/mol.